The zero-order valence-electron chi connectivity index (χ0n) is 7.68. The van der Waals surface area contributed by atoms with E-state index in [1.807, 2.05) is 6.92 Å². The lowest BCUT2D eigenvalue weighted by atomic mass is 10.2. The molecule has 0 aromatic rings. The number of hydrogen-bond donors (Lipinski definition) is 2. The molecule has 0 aliphatic heterocycles. The fourth-order valence-corrected chi connectivity index (χ4v) is 1.12. The Kier molecular flexibility index (Phi) is 3.53. The molecule has 0 aromatic heterocycles. The van der Waals surface area contributed by atoms with Crippen molar-refractivity contribution in [2.24, 2.45) is 11.7 Å². The highest BCUT2D eigenvalue weighted by Crippen LogP contribution is 2.31. The quantitative estimate of drug-likeness (QED) is 0.636. The highest BCUT2D eigenvalue weighted by molar-refractivity contribution is 5.81. The molecule has 3 N–H and O–H groups in total. The van der Waals surface area contributed by atoms with Crippen LogP contribution in [0.15, 0.2) is 0 Å². The average molecular weight is 170 g/mol. The summed E-state index contributed by atoms with van der Waals surface area (Å²) in [5.74, 6) is 0.876. The number of amides is 1. The predicted octanol–water partition coefficient (Wildman–Crippen LogP) is 0.640. The molecule has 1 rings (SSSR count). The lowest BCUT2D eigenvalue weighted by Crippen LogP contribution is -2.40. The van der Waals surface area contributed by atoms with Crippen LogP contribution in [0, 0.1) is 5.92 Å². The summed E-state index contributed by atoms with van der Waals surface area (Å²) >= 11 is 0. The molecule has 0 spiro atoms. The predicted molar refractivity (Wildman–Crippen MR) is 48.6 cm³/mol. The number of rotatable bonds is 5. The first-order valence-corrected chi connectivity index (χ1v) is 4.77. The summed E-state index contributed by atoms with van der Waals surface area (Å²) in [7, 11) is 0. The molecule has 3 nitrogen and oxygen atoms in total. The SMILES string of the molecule is CC[C@H](N)C(=O)NCCC1CC1. The van der Waals surface area contributed by atoms with Gasteiger partial charge >= 0.3 is 0 Å². The van der Waals surface area contributed by atoms with Crippen molar-refractivity contribution < 1.29 is 4.79 Å². The maximum atomic E-state index is 11.1. The van der Waals surface area contributed by atoms with E-state index in [1.54, 1.807) is 0 Å². The minimum atomic E-state index is -0.316. The van der Waals surface area contributed by atoms with Crippen molar-refractivity contribution in [1.82, 2.24) is 5.32 Å². The van der Waals surface area contributed by atoms with E-state index in [0.717, 1.165) is 25.3 Å². The molecule has 3 heteroatoms. The van der Waals surface area contributed by atoms with Gasteiger partial charge < -0.3 is 11.1 Å². The summed E-state index contributed by atoms with van der Waals surface area (Å²) in [6, 6.07) is -0.316. The van der Waals surface area contributed by atoms with Gasteiger partial charge in [0.05, 0.1) is 6.04 Å². The summed E-state index contributed by atoms with van der Waals surface area (Å²) < 4.78 is 0. The van der Waals surface area contributed by atoms with Crippen LogP contribution in [0.5, 0.6) is 0 Å². The Bertz CT molecular complexity index is 155. The Morgan fingerprint density at radius 1 is 1.67 bits per heavy atom. The third-order valence-corrected chi connectivity index (χ3v) is 2.33. The standard InChI is InChI=1S/C9H18N2O/c1-2-8(10)9(12)11-6-5-7-3-4-7/h7-8H,2-6,10H2,1H3,(H,11,12)/t8-/m0/s1. The van der Waals surface area contributed by atoms with Crippen molar-refractivity contribution in [3.8, 4) is 0 Å². The van der Waals surface area contributed by atoms with Gasteiger partial charge in [-0.2, -0.15) is 0 Å². The van der Waals surface area contributed by atoms with Gasteiger partial charge in [-0.05, 0) is 18.8 Å². The maximum Gasteiger partial charge on any atom is 0.236 e. The van der Waals surface area contributed by atoms with Crippen LogP contribution in [-0.2, 0) is 4.79 Å². The van der Waals surface area contributed by atoms with Crippen molar-refractivity contribution in [3.05, 3.63) is 0 Å². The second-order valence-corrected chi connectivity index (χ2v) is 3.54. The Labute approximate surface area is 73.7 Å². The summed E-state index contributed by atoms with van der Waals surface area (Å²) in [5.41, 5.74) is 5.54. The van der Waals surface area contributed by atoms with E-state index in [4.69, 9.17) is 5.73 Å². The van der Waals surface area contributed by atoms with E-state index in [0.29, 0.717) is 0 Å². The Morgan fingerprint density at radius 2 is 2.33 bits per heavy atom. The number of carbonyl (C=O) groups is 1. The molecule has 0 heterocycles. The van der Waals surface area contributed by atoms with Gasteiger partial charge in [0, 0.05) is 6.54 Å². The highest BCUT2D eigenvalue weighted by Gasteiger charge is 2.20. The van der Waals surface area contributed by atoms with Gasteiger partial charge in [0.2, 0.25) is 5.91 Å². The van der Waals surface area contributed by atoms with Crippen LogP contribution in [0.1, 0.15) is 32.6 Å². The first-order chi connectivity index (χ1) is 5.74. The van der Waals surface area contributed by atoms with Crippen LogP contribution >= 0.6 is 0 Å². The molecule has 1 aliphatic carbocycles. The Balaban J connectivity index is 2.00. The van der Waals surface area contributed by atoms with Crippen LogP contribution in [0.2, 0.25) is 0 Å². The van der Waals surface area contributed by atoms with Crippen LogP contribution in [0.25, 0.3) is 0 Å². The van der Waals surface area contributed by atoms with Crippen molar-refractivity contribution in [1.29, 1.82) is 0 Å². The summed E-state index contributed by atoms with van der Waals surface area (Å²) in [5, 5.41) is 2.84. The van der Waals surface area contributed by atoms with Crippen LogP contribution in [-0.4, -0.2) is 18.5 Å². The van der Waals surface area contributed by atoms with Crippen LogP contribution in [0.3, 0.4) is 0 Å². The first kappa shape index (κ1) is 9.52. The second-order valence-electron chi connectivity index (χ2n) is 3.54. The van der Waals surface area contributed by atoms with Gasteiger partial charge in [-0.3, -0.25) is 4.79 Å². The molecule has 0 unspecified atom stereocenters. The van der Waals surface area contributed by atoms with E-state index >= 15 is 0 Å². The van der Waals surface area contributed by atoms with Crippen molar-refractivity contribution in [2.75, 3.05) is 6.54 Å². The number of hydrogen-bond acceptors (Lipinski definition) is 2. The number of carbonyl (C=O) groups excluding carboxylic acids is 1. The van der Waals surface area contributed by atoms with Gasteiger partial charge in [0.25, 0.3) is 0 Å². The third kappa shape index (κ3) is 3.22. The van der Waals surface area contributed by atoms with E-state index in [9.17, 15) is 4.79 Å². The normalized spacial score (nSPS) is 18.8. The molecule has 0 saturated heterocycles. The summed E-state index contributed by atoms with van der Waals surface area (Å²) in [4.78, 5) is 11.1. The van der Waals surface area contributed by atoms with E-state index < -0.39 is 0 Å². The minimum absolute atomic E-state index is 0.00171. The van der Waals surface area contributed by atoms with E-state index in [-0.39, 0.29) is 11.9 Å². The van der Waals surface area contributed by atoms with Gasteiger partial charge in [0.15, 0.2) is 0 Å². The molecule has 1 fully saturated rings. The zero-order chi connectivity index (χ0) is 8.97. The molecule has 1 amide bonds. The molecular weight excluding hydrogens is 152 g/mol. The minimum Gasteiger partial charge on any atom is -0.355 e. The fourth-order valence-electron chi connectivity index (χ4n) is 1.12. The van der Waals surface area contributed by atoms with Crippen molar-refractivity contribution >= 4 is 5.91 Å². The molecule has 12 heavy (non-hydrogen) atoms. The topological polar surface area (TPSA) is 55.1 Å². The largest absolute Gasteiger partial charge is 0.355 e. The lowest BCUT2D eigenvalue weighted by molar-refractivity contribution is -0.122. The first-order valence-electron chi connectivity index (χ1n) is 4.77. The maximum absolute atomic E-state index is 11.1. The molecule has 1 saturated carbocycles. The van der Waals surface area contributed by atoms with Crippen LogP contribution in [0.4, 0.5) is 0 Å². The van der Waals surface area contributed by atoms with Gasteiger partial charge in [0.1, 0.15) is 0 Å². The molecule has 0 bridgehead atoms. The smallest absolute Gasteiger partial charge is 0.236 e. The molecular formula is C9H18N2O. The monoisotopic (exact) mass is 170 g/mol. The molecule has 1 atom stereocenters. The van der Waals surface area contributed by atoms with Crippen molar-refractivity contribution in [3.63, 3.8) is 0 Å². The molecule has 0 aromatic carbocycles. The fraction of sp³-hybridized carbons (Fsp3) is 0.889. The van der Waals surface area contributed by atoms with E-state index in [1.165, 1.54) is 12.8 Å². The number of nitrogens with two attached hydrogens (primary N) is 1. The van der Waals surface area contributed by atoms with Crippen molar-refractivity contribution in [2.45, 2.75) is 38.6 Å². The van der Waals surface area contributed by atoms with Gasteiger partial charge in [-0.25, -0.2) is 0 Å². The third-order valence-electron chi connectivity index (χ3n) is 2.33. The number of nitrogens with one attached hydrogen (secondary N) is 1. The summed E-state index contributed by atoms with van der Waals surface area (Å²) in [6.45, 7) is 2.72. The molecule has 70 valence electrons. The van der Waals surface area contributed by atoms with Gasteiger partial charge in [-0.15, -0.1) is 0 Å². The average Bonchev–Trinajstić information content (AvgIpc) is 2.86. The second kappa shape index (κ2) is 4.45. The molecule has 0 radical (unpaired) electrons. The lowest BCUT2D eigenvalue weighted by Gasteiger charge is -2.08. The zero-order valence-corrected chi connectivity index (χ0v) is 7.68. The van der Waals surface area contributed by atoms with Crippen LogP contribution < -0.4 is 11.1 Å². The summed E-state index contributed by atoms with van der Waals surface area (Å²) in [6.07, 6.45) is 4.53. The highest BCUT2D eigenvalue weighted by atomic mass is 16.2. The molecule has 1 aliphatic rings. The van der Waals surface area contributed by atoms with Gasteiger partial charge in [-0.1, -0.05) is 19.8 Å². The Morgan fingerprint density at radius 3 is 2.83 bits per heavy atom. The Hall–Kier alpha value is -0.570. The van der Waals surface area contributed by atoms with E-state index in [2.05, 4.69) is 5.32 Å².